The van der Waals surface area contributed by atoms with E-state index in [1.54, 1.807) is 42.2 Å². The van der Waals surface area contributed by atoms with Crippen LogP contribution in [0.25, 0.3) is 16.8 Å². The zero-order chi connectivity index (χ0) is 19.7. The zero-order valence-corrected chi connectivity index (χ0v) is 15.4. The standard InChI is InChI=1S/C20H19N5O3/c1-13(15-7-9-16(10-8-15)24-12-21-11-22-24)23-19(26)14(2)25-17-5-3-4-6-18(17)28-20(25)27/h3-14H,1-2H3,(H,23,26)/t13-,14+/m0/s1. The highest BCUT2D eigenvalue weighted by molar-refractivity contribution is 5.83. The molecule has 0 radical (unpaired) electrons. The van der Waals surface area contributed by atoms with Crippen molar-refractivity contribution in [3.63, 3.8) is 0 Å². The molecule has 2 heterocycles. The maximum Gasteiger partial charge on any atom is 0.420 e. The minimum Gasteiger partial charge on any atom is -0.408 e. The number of fused-ring (bicyclic) bond motifs is 1. The number of nitrogens with one attached hydrogen (secondary N) is 1. The van der Waals surface area contributed by atoms with Gasteiger partial charge in [0.05, 0.1) is 17.2 Å². The van der Waals surface area contributed by atoms with Gasteiger partial charge in [-0.05, 0) is 43.7 Å². The highest BCUT2D eigenvalue weighted by Gasteiger charge is 2.22. The summed E-state index contributed by atoms with van der Waals surface area (Å²) in [6.45, 7) is 3.57. The topological polar surface area (TPSA) is 95.0 Å². The highest BCUT2D eigenvalue weighted by atomic mass is 16.4. The molecule has 0 fully saturated rings. The normalized spacial score (nSPS) is 13.4. The molecule has 0 aliphatic carbocycles. The SMILES string of the molecule is C[C@H](NC(=O)[C@@H](C)n1c(=O)oc2ccccc21)c1ccc(-n2cncn2)cc1. The highest BCUT2D eigenvalue weighted by Crippen LogP contribution is 2.19. The van der Waals surface area contributed by atoms with Crippen molar-refractivity contribution in [3.8, 4) is 5.69 Å². The molecule has 142 valence electrons. The van der Waals surface area contributed by atoms with Crippen molar-refractivity contribution >= 4 is 17.0 Å². The van der Waals surface area contributed by atoms with Crippen LogP contribution in [-0.2, 0) is 4.79 Å². The summed E-state index contributed by atoms with van der Waals surface area (Å²) in [5, 5.41) is 7.04. The minimum absolute atomic E-state index is 0.228. The predicted octanol–water partition coefficient (Wildman–Crippen LogP) is 2.61. The summed E-state index contributed by atoms with van der Waals surface area (Å²) in [4.78, 5) is 28.9. The van der Waals surface area contributed by atoms with Gasteiger partial charge in [-0.25, -0.2) is 14.5 Å². The first kappa shape index (κ1) is 17.7. The minimum atomic E-state index is -0.701. The van der Waals surface area contributed by atoms with Gasteiger partial charge in [-0.15, -0.1) is 0 Å². The van der Waals surface area contributed by atoms with E-state index in [4.69, 9.17) is 4.42 Å². The van der Waals surface area contributed by atoms with Gasteiger partial charge in [0.1, 0.15) is 18.7 Å². The van der Waals surface area contributed by atoms with E-state index < -0.39 is 11.8 Å². The number of hydrogen-bond acceptors (Lipinski definition) is 5. The quantitative estimate of drug-likeness (QED) is 0.577. The lowest BCUT2D eigenvalue weighted by atomic mass is 10.1. The number of nitrogens with zero attached hydrogens (tertiary/aromatic N) is 4. The average molecular weight is 377 g/mol. The van der Waals surface area contributed by atoms with E-state index in [-0.39, 0.29) is 11.9 Å². The fourth-order valence-corrected chi connectivity index (χ4v) is 3.14. The second-order valence-corrected chi connectivity index (χ2v) is 6.54. The Balaban J connectivity index is 1.51. The number of rotatable bonds is 5. The summed E-state index contributed by atoms with van der Waals surface area (Å²) in [7, 11) is 0. The third kappa shape index (κ3) is 3.20. The second kappa shape index (κ2) is 7.15. The zero-order valence-electron chi connectivity index (χ0n) is 15.4. The Morgan fingerprint density at radius 3 is 2.57 bits per heavy atom. The van der Waals surface area contributed by atoms with Crippen molar-refractivity contribution in [2.45, 2.75) is 25.9 Å². The number of amides is 1. The molecule has 0 unspecified atom stereocenters. The van der Waals surface area contributed by atoms with E-state index >= 15 is 0 Å². The molecule has 2 aromatic heterocycles. The molecule has 0 saturated carbocycles. The second-order valence-electron chi connectivity index (χ2n) is 6.54. The molecule has 0 saturated heterocycles. The van der Waals surface area contributed by atoms with E-state index in [1.165, 1.54) is 10.9 Å². The summed E-state index contributed by atoms with van der Waals surface area (Å²) in [6, 6.07) is 13.8. The van der Waals surface area contributed by atoms with Gasteiger partial charge >= 0.3 is 5.76 Å². The van der Waals surface area contributed by atoms with Crippen molar-refractivity contribution in [1.82, 2.24) is 24.6 Å². The first-order valence-electron chi connectivity index (χ1n) is 8.90. The number of hydrogen-bond donors (Lipinski definition) is 1. The third-order valence-electron chi connectivity index (χ3n) is 4.72. The van der Waals surface area contributed by atoms with Crippen molar-refractivity contribution in [2.75, 3.05) is 0 Å². The average Bonchev–Trinajstić information content (AvgIpc) is 3.34. The van der Waals surface area contributed by atoms with Crippen molar-refractivity contribution in [1.29, 1.82) is 0 Å². The van der Waals surface area contributed by atoms with E-state index in [1.807, 2.05) is 31.2 Å². The largest absolute Gasteiger partial charge is 0.420 e. The van der Waals surface area contributed by atoms with Crippen LogP contribution in [0, 0.1) is 0 Å². The van der Waals surface area contributed by atoms with Gasteiger partial charge in [-0.1, -0.05) is 24.3 Å². The lowest BCUT2D eigenvalue weighted by Gasteiger charge is -2.18. The smallest absolute Gasteiger partial charge is 0.408 e. The third-order valence-corrected chi connectivity index (χ3v) is 4.72. The molecular weight excluding hydrogens is 358 g/mol. The number of benzene rings is 2. The Bertz CT molecular complexity index is 1160. The number of carbonyl (C=O) groups excluding carboxylic acids is 1. The van der Waals surface area contributed by atoms with E-state index in [2.05, 4.69) is 15.4 Å². The van der Waals surface area contributed by atoms with Gasteiger partial charge < -0.3 is 9.73 Å². The summed E-state index contributed by atoms with van der Waals surface area (Å²) < 4.78 is 8.25. The predicted molar refractivity (Wildman–Crippen MR) is 103 cm³/mol. The molecule has 2 atom stereocenters. The van der Waals surface area contributed by atoms with Gasteiger partial charge in [0.15, 0.2) is 5.58 Å². The molecule has 4 aromatic rings. The molecule has 1 N–H and O–H groups in total. The first-order valence-corrected chi connectivity index (χ1v) is 8.90. The Kier molecular flexibility index (Phi) is 4.52. The first-order chi connectivity index (χ1) is 13.5. The molecule has 1 amide bonds. The van der Waals surface area contributed by atoms with Crippen LogP contribution >= 0.6 is 0 Å². The maximum atomic E-state index is 12.7. The van der Waals surface area contributed by atoms with Gasteiger partial charge in [0.25, 0.3) is 0 Å². The monoisotopic (exact) mass is 377 g/mol. The van der Waals surface area contributed by atoms with Crippen LogP contribution in [0.1, 0.15) is 31.5 Å². The Hall–Kier alpha value is -3.68. The molecule has 28 heavy (non-hydrogen) atoms. The van der Waals surface area contributed by atoms with Crippen LogP contribution in [0.4, 0.5) is 0 Å². The summed E-state index contributed by atoms with van der Waals surface area (Å²) in [5.41, 5.74) is 2.88. The molecule has 0 aliphatic rings. The van der Waals surface area contributed by atoms with Crippen LogP contribution in [0.5, 0.6) is 0 Å². The van der Waals surface area contributed by atoms with Crippen LogP contribution < -0.4 is 11.1 Å². The fourth-order valence-electron chi connectivity index (χ4n) is 3.14. The molecule has 0 spiro atoms. The van der Waals surface area contributed by atoms with Crippen LogP contribution in [0.3, 0.4) is 0 Å². The van der Waals surface area contributed by atoms with Gasteiger partial charge in [-0.2, -0.15) is 5.10 Å². The van der Waals surface area contributed by atoms with Crippen LogP contribution in [0.2, 0.25) is 0 Å². The number of oxazole rings is 1. The van der Waals surface area contributed by atoms with Crippen molar-refractivity contribution in [3.05, 3.63) is 77.3 Å². The lowest BCUT2D eigenvalue weighted by Crippen LogP contribution is -2.35. The van der Waals surface area contributed by atoms with Gasteiger partial charge in [0.2, 0.25) is 5.91 Å². The molecular formula is C20H19N5O3. The van der Waals surface area contributed by atoms with Crippen LogP contribution in [0.15, 0.2) is 70.4 Å². The van der Waals surface area contributed by atoms with Gasteiger partial charge in [0, 0.05) is 0 Å². The summed E-state index contributed by atoms with van der Waals surface area (Å²) >= 11 is 0. The van der Waals surface area contributed by atoms with E-state index in [9.17, 15) is 9.59 Å². The lowest BCUT2D eigenvalue weighted by molar-refractivity contribution is -0.124. The molecule has 8 nitrogen and oxygen atoms in total. The van der Waals surface area contributed by atoms with Crippen LogP contribution in [-0.4, -0.2) is 25.2 Å². The van der Waals surface area contributed by atoms with E-state index in [0.717, 1.165) is 11.3 Å². The number of aromatic nitrogens is 4. The number of para-hydroxylation sites is 2. The summed E-state index contributed by atoms with van der Waals surface area (Å²) in [5.74, 6) is -0.810. The van der Waals surface area contributed by atoms with Gasteiger partial charge in [-0.3, -0.25) is 9.36 Å². The fraction of sp³-hybridized carbons (Fsp3) is 0.200. The Morgan fingerprint density at radius 1 is 1.11 bits per heavy atom. The molecule has 8 heteroatoms. The van der Waals surface area contributed by atoms with Crippen molar-refractivity contribution in [2.24, 2.45) is 0 Å². The summed E-state index contributed by atoms with van der Waals surface area (Å²) in [6.07, 6.45) is 3.09. The maximum absolute atomic E-state index is 12.7. The Morgan fingerprint density at radius 2 is 1.86 bits per heavy atom. The van der Waals surface area contributed by atoms with E-state index in [0.29, 0.717) is 11.1 Å². The number of carbonyl (C=O) groups is 1. The van der Waals surface area contributed by atoms with Crippen molar-refractivity contribution < 1.29 is 9.21 Å². The molecule has 0 aliphatic heterocycles. The molecule has 2 aromatic carbocycles. The molecule has 4 rings (SSSR count). The molecule has 0 bridgehead atoms. The Labute approximate surface area is 160 Å².